The van der Waals surface area contributed by atoms with Crippen LogP contribution >= 0.6 is 0 Å². The van der Waals surface area contributed by atoms with Crippen LogP contribution in [0.15, 0.2) is 72.8 Å². The van der Waals surface area contributed by atoms with Crippen molar-refractivity contribution in [1.29, 1.82) is 0 Å². The lowest BCUT2D eigenvalue weighted by molar-refractivity contribution is -0.142. The topological polar surface area (TPSA) is 77.5 Å². The summed E-state index contributed by atoms with van der Waals surface area (Å²) in [4.78, 5) is 49.9. The molecule has 1 aliphatic rings. The van der Waals surface area contributed by atoms with E-state index in [1.807, 2.05) is 79.7 Å². The molecule has 5 nitrogen and oxygen atoms in total. The number of hydrogen-bond acceptors (Lipinski definition) is 5. The first-order chi connectivity index (χ1) is 18.4. The summed E-state index contributed by atoms with van der Waals surface area (Å²) in [6, 6.07) is 23.2. The maximum atomic E-state index is 13.5. The molecule has 0 bridgehead atoms. The summed E-state index contributed by atoms with van der Waals surface area (Å²) in [7, 11) is 1.31. The lowest BCUT2D eigenvalue weighted by Crippen LogP contribution is -2.10. The molecule has 0 radical (unpaired) electrons. The number of ketones is 3. The van der Waals surface area contributed by atoms with Crippen molar-refractivity contribution in [2.75, 3.05) is 7.11 Å². The van der Waals surface area contributed by atoms with Gasteiger partial charge in [0.25, 0.3) is 0 Å². The number of aryl methyl sites for hydroxylation is 2. The molecule has 4 rings (SSSR count). The summed E-state index contributed by atoms with van der Waals surface area (Å²) in [5, 5.41) is 0. The Morgan fingerprint density at radius 2 is 1.55 bits per heavy atom. The normalized spacial score (nSPS) is 16.1. The van der Waals surface area contributed by atoms with Crippen molar-refractivity contribution in [2.45, 2.75) is 57.8 Å². The smallest absolute Gasteiger partial charge is 0.305 e. The first-order valence-corrected chi connectivity index (χ1v) is 13.2. The monoisotopic (exact) mass is 510 g/mol. The van der Waals surface area contributed by atoms with Crippen molar-refractivity contribution in [3.63, 3.8) is 0 Å². The number of Topliss-reactive ketones (excluding diaryl/α,β-unsaturated/α-hetero) is 2. The Kier molecular flexibility index (Phi) is 9.01. The van der Waals surface area contributed by atoms with Crippen LogP contribution in [0.1, 0.15) is 76.2 Å². The maximum Gasteiger partial charge on any atom is 0.305 e. The van der Waals surface area contributed by atoms with E-state index in [2.05, 4.69) is 4.74 Å². The molecule has 5 heteroatoms. The van der Waals surface area contributed by atoms with E-state index in [-0.39, 0.29) is 48.0 Å². The highest BCUT2D eigenvalue weighted by atomic mass is 16.5. The van der Waals surface area contributed by atoms with Gasteiger partial charge in [0.1, 0.15) is 11.6 Å². The van der Waals surface area contributed by atoms with Crippen LogP contribution in [0.5, 0.6) is 0 Å². The highest BCUT2D eigenvalue weighted by molar-refractivity contribution is 6.10. The number of ether oxygens (including phenoxy) is 1. The molecule has 1 aliphatic carbocycles. The second kappa shape index (κ2) is 12.6. The molecule has 1 unspecified atom stereocenters. The van der Waals surface area contributed by atoms with E-state index in [0.29, 0.717) is 36.8 Å². The van der Waals surface area contributed by atoms with E-state index in [1.54, 1.807) is 0 Å². The number of rotatable bonds is 13. The van der Waals surface area contributed by atoms with Crippen LogP contribution in [0.3, 0.4) is 0 Å². The molecule has 3 aromatic rings. The zero-order chi connectivity index (χ0) is 27.1. The minimum atomic E-state index is -0.381. The fraction of sp³-hybridized carbons (Fsp3) is 0.333. The quantitative estimate of drug-likeness (QED) is 0.209. The summed E-state index contributed by atoms with van der Waals surface area (Å²) >= 11 is 0. The van der Waals surface area contributed by atoms with Crippen LogP contribution in [0.2, 0.25) is 0 Å². The van der Waals surface area contributed by atoms with Gasteiger partial charge in [-0.3, -0.25) is 19.2 Å². The Hall–Kier alpha value is -3.86. The number of esters is 1. The molecule has 0 N–H and O–H groups in total. The Morgan fingerprint density at radius 3 is 2.26 bits per heavy atom. The van der Waals surface area contributed by atoms with Gasteiger partial charge < -0.3 is 4.74 Å². The van der Waals surface area contributed by atoms with E-state index in [4.69, 9.17) is 0 Å². The predicted octanol–water partition coefficient (Wildman–Crippen LogP) is 5.99. The van der Waals surface area contributed by atoms with E-state index in [9.17, 15) is 19.2 Å². The number of carbonyl (C=O) groups is 4. The molecule has 196 valence electrons. The minimum Gasteiger partial charge on any atom is -0.469 e. The Morgan fingerprint density at radius 1 is 0.842 bits per heavy atom. The summed E-state index contributed by atoms with van der Waals surface area (Å²) in [5.74, 6) is -0.213. The van der Waals surface area contributed by atoms with Crippen LogP contribution in [-0.4, -0.2) is 30.4 Å². The lowest BCUT2D eigenvalue weighted by Gasteiger charge is -2.12. The minimum absolute atomic E-state index is 0.0283. The SMILES string of the molecule is COC(=O)CCC(=O)CCCc1ccc(C2C[C@@H]2C(=O)Cc2ccc(C)cc2)c(C(=O)c2ccccc2)c1. The lowest BCUT2D eigenvalue weighted by atomic mass is 9.91. The predicted molar refractivity (Wildman–Crippen MR) is 146 cm³/mol. The van der Waals surface area contributed by atoms with Gasteiger partial charge in [0, 0.05) is 36.3 Å². The van der Waals surface area contributed by atoms with Gasteiger partial charge in [-0.25, -0.2) is 0 Å². The molecule has 38 heavy (non-hydrogen) atoms. The molecule has 1 saturated carbocycles. The molecule has 1 fully saturated rings. The summed E-state index contributed by atoms with van der Waals surface area (Å²) in [5.41, 5.74) is 5.35. The molecule has 3 aromatic carbocycles. The van der Waals surface area contributed by atoms with Gasteiger partial charge in [-0.1, -0.05) is 72.3 Å². The van der Waals surface area contributed by atoms with Crippen LogP contribution < -0.4 is 0 Å². The van der Waals surface area contributed by atoms with Gasteiger partial charge in [0.2, 0.25) is 0 Å². The molecule has 0 aliphatic heterocycles. The molecule has 0 spiro atoms. The van der Waals surface area contributed by atoms with Gasteiger partial charge in [-0.15, -0.1) is 0 Å². The molecule has 0 amide bonds. The van der Waals surface area contributed by atoms with E-state index in [0.717, 1.165) is 23.1 Å². The van der Waals surface area contributed by atoms with Crippen LogP contribution in [0.4, 0.5) is 0 Å². The zero-order valence-electron chi connectivity index (χ0n) is 22.1. The number of benzene rings is 3. The molecule has 0 saturated heterocycles. The largest absolute Gasteiger partial charge is 0.469 e. The first kappa shape index (κ1) is 27.2. The van der Waals surface area contributed by atoms with Crippen LogP contribution in [0, 0.1) is 12.8 Å². The Balaban J connectivity index is 1.46. The fourth-order valence-corrected chi connectivity index (χ4v) is 4.91. The average molecular weight is 511 g/mol. The third kappa shape index (κ3) is 7.12. The molecule has 0 aromatic heterocycles. The van der Waals surface area contributed by atoms with Gasteiger partial charge in [0.05, 0.1) is 13.5 Å². The highest BCUT2D eigenvalue weighted by Crippen LogP contribution is 2.50. The number of hydrogen-bond donors (Lipinski definition) is 0. The van der Waals surface area contributed by atoms with Crippen LogP contribution in [0.25, 0.3) is 0 Å². The number of methoxy groups -OCH3 is 1. The maximum absolute atomic E-state index is 13.5. The van der Waals surface area contributed by atoms with Gasteiger partial charge in [0.15, 0.2) is 5.78 Å². The summed E-state index contributed by atoms with van der Waals surface area (Å²) in [6.45, 7) is 2.03. The third-order valence-electron chi connectivity index (χ3n) is 7.26. The highest BCUT2D eigenvalue weighted by Gasteiger charge is 2.44. The second-order valence-electron chi connectivity index (χ2n) is 10.2. The van der Waals surface area contributed by atoms with Crippen molar-refractivity contribution in [3.8, 4) is 0 Å². The molecular weight excluding hydrogens is 476 g/mol. The summed E-state index contributed by atoms with van der Waals surface area (Å²) < 4.78 is 4.59. The van der Waals surface area contributed by atoms with Crippen molar-refractivity contribution in [3.05, 3.63) is 106 Å². The van der Waals surface area contributed by atoms with E-state index in [1.165, 1.54) is 12.7 Å². The Labute approximate surface area is 224 Å². The third-order valence-corrected chi connectivity index (χ3v) is 7.26. The molecule has 2 atom stereocenters. The van der Waals surface area contributed by atoms with Gasteiger partial charge in [-0.2, -0.15) is 0 Å². The van der Waals surface area contributed by atoms with Crippen molar-refractivity contribution in [2.24, 2.45) is 5.92 Å². The van der Waals surface area contributed by atoms with E-state index < -0.39 is 0 Å². The molecule has 0 heterocycles. The van der Waals surface area contributed by atoms with Crippen molar-refractivity contribution < 1.29 is 23.9 Å². The Bertz CT molecular complexity index is 1310. The zero-order valence-corrected chi connectivity index (χ0v) is 22.1. The first-order valence-electron chi connectivity index (χ1n) is 13.2. The standard InChI is InChI=1S/C33H34O5/c1-22-11-13-24(14-12-22)20-31(35)29-21-28(29)27-17-15-23(7-6-10-26(34)16-18-32(36)38-2)19-30(27)33(37)25-8-4-3-5-9-25/h3-5,8-9,11-15,17,19,28-29H,6-7,10,16,18,20-21H2,1-2H3/t28?,29-/m0/s1. The fourth-order valence-electron chi connectivity index (χ4n) is 4.91. The van der Waals surface area contributed by atoms with Gasteiger partial charge >= 0.3 is 5.97 Å². The second-order valence-corrected chi connectivity index (χ2v) is 10.2. The average Bonchev–Trinajstić information content (AvgIpc) is 3.74. The number of carbonyl (C=O) groups excluding carboxylic acids is 4. The molecular formula is C33H34O5. The van der Waals surface area contributed by atoms with Gasteiger partial charge in [-0.05, 0) is 54.9 Å². The van der Waals surface area contributed by atoms with Crippen LogP contribution in [-0.2, 0) is 32.0 Å². The van der Waals surface area contributed by atoms with E-state index >= 15 is 0 Å². The summed E-state index contributed by atoms with van der Waals surface area (Å²) in [6.07, 6.45) is 3.12. The van der Waals surface area contributed by atoms with Crippen molar-refractivity contribution >= 4 is 23.3 Å². The van der Waals surface area contributed by atoms with Crippen molar-refractivity contribution in [1.82, 2.24) is 0 Å².